The number of nitrogens with one attached hydrogen (secondary N) is 1. The summed E-state index contributed by atoms with van der Waals surface area (Å²) in [5.41, 5.74) is 3.17. The van der Waals surface area contributed by atoms with E-state index in [0.717, 1.165) is 11.2 Å². The Morgan fingerprint density at radius 3 is 2.71 bits per heavy atom. The number of carbonyl (C=O) groups excluding carboxylic acids is 1. The second-order valence-electron chi connectivity index (χ2n) is 6.94. The highest BCUT2D eigenvalue weighted by molar-refractivity contribution is 5.96. The molecule has 0 spiro atoms. The molecule has 0 aliphatic rings. The fourth-order valence-electron chi connectivity index (χ4n) is 3.18. The molecule has 0 aliphatic carbocycles. The summed E-state index contributed by atoms with van der Waals surface area (Å²) in [5, 5.41) is 7.22. The predicted molar refractivity (Wildman–Crippen MR) is 113 cm³/mol. The quantitative estimate of drug-likeness (QED) is 0.433. The molecule has 1 N–H and O–H groups in total. The van der Waals surface area contributed by atoms with Crippen LogP contribution in [-0.2, 0) is 12.8 Å². The van der Waals surface area contributed by atoms with Crippen LogP contribution in [0, 0.1) is 5.82 Å². The van der Waals surface area contributed by atoms with E-state index in [1.54, 1.807) is 54.6 Å². The zero-order valence-electron chi connectivity index (χ0n) is 17.2. The fourth-order valence-corrected chi connectivity index (χ4v) is 3.18. The normalized spacial score (nSPS) is 10.9. The van der Waals surface area contributed by atoms with Gasteiger partial charge in [0.05, 0.1) is 31.4 Å². The van der Waals surface area contributed by atoms with Crippen LogP contribution in [-0.4, -0.2) is 37.5 Å². The second-order valence-corrected chi connectivity index (χ2v) is 6.94. The maximum Gasteiger partial charge on any atom is 0.227 e. The molecule has 31 heavy (non-hydrogen) atoms. The number of anilines is 2. The molecule has 3 heterocycles. The summed E-state index contributed by atoms with van der Waals surface area (Å²) in [4.78, 5) is 25.0. The van der Waals surface area contributed by atoms with Gasteiger partial charge in [-0.2, -0.15) is 5.10 Å². The van der Waals surface area contributed by atoms with Crippen molar-refractivity contribution in [2.45, 2.75) is 26.2 Å². The van der Waals surface area contributed by atoms with Crippen LogP contribution in [0.4, 0.5) is 16.0 Å². The SMILES string of the molecule is CCC(=O)c1cc(CCc2cnc(Nc3cnc4ccnn4c3)nc2)c(F)c(OC)c1. The molecular formula is C22H21FN6O2. The predicted octanol–water partition coefficient (Wildman–Crippen LogP) is 3.79. The van der Waals surface area contributed by atoms with E-state index in [-0.39, 0.29) is 11.5 Å². The Kier molecular flexibility index (Phi) is 5.83. The molecule has 0 unspecified atom stereocenters. The lowest BCUT2D eigenvalue weighted by molar-refractivity contribution is 0.0987. The summed E-state index contributed by atoms with van der Waals surface area (Å²) < 4.78 is 21.4. The first-order chi connectivity index (χ1) is 15.1. The minimum Gasteiger partial charge on any atom is -0.494 e. The highest BCUT2D eigenvalue weighted by Gasteiger charge is 2.15. The van der Waals surface area contributed by atoms with Crippen molar-refractivity contribution < 1.29 is 13.9 Å². The van der Waals surface area contributed by atoms with Gasteiger partial charge in [-0.15, -0.1) is 0 Å². The maximum absolute atomic E-state index is 14.6. The van der Waals surface area contributed by atoms with E-state index in [0.29, 0.717) is 42.0 Å². The van der Waals surface area contributed by atoms with Crippen LogP contribution in [0.2, 0.25) is 0 Å². The third-order valence-corrected chi connectivity index (χ3v) is 4.87. The van der Waals surface area contributed by atoms with Crippen LogP contribution in [0.3, 0.4) is 0 Å². The molecule has 0 radical (unpaired) electrons. The first-order valence-corrected chi connectivity index (χ1v) is 9.84. The number of carbonyl (C=O) groups is 1. The zero-order chi connectivity index (χ0) is 21.8. The minimum atomic E-state index is -0.448. The number of fused-ring (bicyclic) bond motifs is 1. The number of methoxy groups -OCH3 is 1. The smallest absolute Gasteiger partial charge is 0.227 e. The van der Waals surface area contributed by atoms with Gasteiger partial charge in [0.1, 0.15) is 0 Å². The molecule has 9 heteroatoms. The van der Waals surface area contributed by atoms with Gasteiger partial charge >= 0.3 is 0 Å². The highest BCUT2D eigenvalue weighted by atomic mass is 19.1. The number of ether oxygens (including phenoxy) is 1. The largest absolute Gasteiger partial charge is 0.494 e. The molecule has 0 saturated carbocycles. The molecule has 1 aromatic carbocycles. The lowest BCUT2D eigenvalue weighted by Crippen LogP contribution is -2.05. The van der Waals surface area contributed by atoms with E-state index in [1.165, 1.54) is 13.2 Å². The van der Waals surface area contributed by atoms with E-state index < -0.39 is 5.82 Å². The van der Waals surface area contributed by atoms with E-state index in [2.05, 4.69) is 25.4 Å². The van der Waals surface area contributed by atoms with Gasteiger partial charge in [0, 0.05) is 30.4 Å². The fraction of sp³-hybridized carbons (Fsp3) is 0.227. The van der Waals surface area contributed by atoms with E-state index >= 15 is 0 Å². The number of halogens is 1. The van der Waals surface area contributed by atoms with E-state index in [1.807, 2.05) is 0 Å². The number of aryl methyl sites for hydroxylation is 2. The van der Waals surface area contributed by atoms with Crippen molar-refractivity contribution in [3.05, 3.63) is 71.7 Å². The van der Waals surface area contributed by atoms with Crippen molar-refractivity contribution >= 4 is 23.1 Å². The summed E-state index contributed by atoms with van der Waals surface area (Å²) in [7, 11) is 1.39. The van der Waals surface area contributed by atoms with Crippen molar-refractivity contribution in [3.63, 3.8) is 0 Å². The van der Waals surface area contributed by atoms with Crippen LogP contribution in [0.15, 0.2) is 49.2 Å². The molecule has 8 nitrogen and oxygen atoms in total. The topological polar surface area (TPSA) is 94.3 Å². The van der Waals surface area contributed by atoms with E-state index in [4.69, 9.17) is 4.74 Å². The first kappa shape index (κ1) is 20.4. The summed E-state index contributed by atoms with van der Waals surface area (Å²) in [6.45, 7) is 1.77. The number of aromatic nitrogens is 5. The first-order valence-electron chi connectivity index (χ1n) is 9.84. The molecule has 0 amide bonds. The van der Waals surface area contributed by atoms with Gasteiger partial charge in [-0.1, -0.05) is 6.92 Å². The van der Waals surface area contributed by atoms with Crippen molar-refractivity contribution in [1.82, 2.24) is 24.6 Å². The Labute approximate surface area is 178 Å². The van der Waals surface area contributed by atoms with Crippen LogP contribution < -0.4 is 10.1 Å². The zero-order valence-corrected chi connectivity index (χ0v) is 17.2. The van der Waals surface area contributed by atoms with Gasteiger partial charge in [0.15, 0.2) is 23.0 Å². The van der Waals surface area contributed by atoms with Gasteiger partial charge in [-0.05, 0) is 36.1 Å². The van der Waals surface area contributed by atoms with Gasteiger partial charge in [-0.3, -0.25) is 4.79 Å². The summed E-state index contributed by atoms with van der Waals surface area (Å²) >= 11 is 0. The number of rotatable bonds is 8. The number of hydrogen-bond acceptors (Lipinski definition) is 7. The van der Waals surface area contributed by atoms with E-state index in [9.17, 15) is 9.18 Å². The molecule has 4 rings (SSSR count). The Morgan fingerprint density at radius 2 is 1.97 bits per heavy atom. The van der Waals surface area contributed by atoms with Crippen LogP contribution in [0.5, 0.6) is 5.75 Å². The monoisotopic (exact) mass is 420 g/mol. The average Bonchev–Trinajstić information content (AvgIpc) is 3.26. The number of nitrogens with zero attached hydrogens (tertiary/aromatic N) is 5. The third-order valence-electron chi connectivity index (χ3n) is 4.87. The Balaban J connectivity index is 1.45. The van der Waals surface area contributed by atoms with Crippen molar-refractivity contribution in [2.24, 2.45) is 0 Å². The van der Waals surface area contributed by atoms with Gasteiger partial charge in [0.2, 0.25) is 5.95 Å². The van der Waals surface area contributed by atoms with Crippen LogP contribution in [0.1, 0.15) is 34.8 Å². The second kappa shape index (κ2) is 8.86. The number of hydrogen-bond donors (Lipinski definition) is 1. The average molecular weight is 420 g/mol. The Morgan fingerprint density at radius 1 is 1.16 bits per heavy atom. The number of ketones is 1. The summed E-state index contributed by atoms with van der Waals surface area (Å²) in [5.74, 6) is -0.00900. The number of Topliss-reactive ketones (excluding diaryl/α,β-unsaturated/α-hetero) is 1. The lowest BCUT2D eigenvalue weighted by Gasteiger charge is -2.11. The molecule has 0 fully saturated rings. The molecular weight excluding hydrogens is 399 g/mol. The van der Waals surface area contributed by atoms with Crippen molar-refractivity contribution in [3.8, 4) is 5.75 Å². The Hall–Kier alpha value is -3.88. The van der Waals surface area contributed by atoms with Gasteiger partial charge in [-0.25, -0.2) is 23.9 Å². The summed E-state index contributed by atoms with van der Waals surface area (Å²) in [6.07, 6.45) is 9.77. The number of benzene rings is 1. The maximum atomic E-state index is 14.6. The molecule has 158 valence electrons. The molecule has 0 bridgehead atoms. The van der Waals surface area contributed by atoms with Crippen LogP contribution >= 0.6 is 0 Å². The standard InChI is InChI=1S/C22H21FN6O2/c1-3-18(30)16-8-15(21(23)19(9-16)31-2)5-4-14-10-25-22(26-11-14)28-17-12-24-20-6-7-27-29(20)13-17/h6-13H,3-5H2,1-2H3,(H,25,26,28). The Bertz CT molecular complexity index is 1220. The van der Waals surface area contributed by atoms with Gasteiger partial charge < -0.3 is 10.1 Å². The molecule has 0 atom stereocenters. The highest BCUT2D eigenvalue weighted by Crippen LogP contribution is 2.25. The minimum absolute atomic E-state index is 0.0545. The third kappa shape index (κ3) is 4.50. The molecule has 0 aliphatic heterocycles. The lowest BCUT2D eigenvalue weighted by atomic mass is 10.00. The van der Waals surface area contributed by atoms with Crippen LogP contribution in [0.25, 0.3) is 5.65 Å². The molecule has 4 aromatic rings. The summed E-state index contributed by atoms with van der Waals surface area (Å²) in [6, 6.07) is 4.85. The van der Waals surface area contributed by atoms with Crippen molar-refractivity contribution in [2.75, 3.05) is 12.4 Å². The van der Waals surface area contributed by atoms with Gasteiger partial charge in [0.25, 0.3) is 0 Å². The van der Waals surface area contributed by atoms with Crippen molar-refractivity contribution in [1.29, 1.82) is 0 Å². The molecule has 3 aromatic heterocycles. The molecule has 0 saturated heterocycles.